The van der Waals surface area contributed by atoms with Gasteiger partial charge in [0.1, 0.15) is 23.5 Å². The van der Waals surface area contributed by atoms with Crippen LogP contribution in [0.15, 0.2) is 60.9 Å². The second kappa shape index (κ2) is 7.10. The molecular weight excluding hydrogens is 400 g/mol. The zero-order chi connectivity index (χ0) is 20.7. The number of carbonyl (C=O) groups is 1. The van der Waals surface area contributed by atoms with Gasteiger partial charge in [0.15, 0.2) is 5.43 Å². The highest BCUT2D eigenvalue weighted by molar-refractivity contribution is 6.31. The van der Waals surface area contributed by atoms with Crippen LogP contribution >= 0.6 is 11.6 Å². The first-order valence-corrected chi connectivity index (χ1v) is 8.87. The summed E-state index contributed by atoms with van der Waals surface area (Å²) in [7, 11) is 0. The van der Waals surface area contributed by atoms with Crippen LogP contribution in [0.5, 0.6) is 5.75 Å². The van der Waals surface area contributed by atoms with Gasteiger partial charge in [-0.25, -0.2) is 9.59 Å². The van der Waals surface area contributed by atoms with Gasteiger partial charge in [-0.2, -0.15) is 0 Å². The van der Waals surface area contributed by atoms with Crippen molar-refractivity contribution in [3.05, 3.63) is 85.0 Å². The monoisotopic (exact) mass is 412 g/mol. The molecule has 0 unspecified atom stereocenters. The Morgan fingerprint density at radius 1 is 1.07 bits per heavy atom. The van der Waals surface area contributed by atoms with E-state index in [2.05, 4.69) is 0 Å². The molecular formula is C21H13ClO7. The number of hydrogen-bond acceptors (Lipinski definition) is 7. The van der Waals surface area contributed by atoms with Crippen LogP contribution in [-0.4, -0.2) is 11.1 Å². The Balaban J connectivity index is 1.66. The summed E-state index contributed by atoms with van der Waals surface area (Å²) < 4.78 is 15.8. The van der Waals surface area contributed by atoms with Crippen molar-refractivity contribution < 1.29 is 23.5 Å². The molecule has 2 aromatic heterocycles. The Bertz CT molecular complexity index is 1400. The van der Waals surface area contributed by atoms with Crippen LogP contribution in [0.2, 0.25) is 5.02 Å². The average Bonchev–Trinajstić information content (AvgIpc) is 2.69. The second-order valence-corrected chi connectivity index (χ2v) is 6.80. The van der Waals surface area contributed by atoms with Crippen molar-refractivity contribution in [3.8, 4) is 5.75 Å². The fourth-order valence-electron chi connectivity index (χ4n) is 2.98. The van der Waals surface area contributed by atoms with Crippen LogP contribution in [0.1, 0.15) is 21.7 Å². The van der Waals surface area contributed by atoms with Gasteiger partial charge in [0, 0.05) is 33.7 Å². The highest BCUT2D eigenvalue weighted by Gasteiger charge is 2.16. The molecule has 0 bridgehead atoms. The third kappa shape index (κ3) is 3.48. The van der Waals surface area contributed by atoms with Crippen LogP contribution in [-0.2, 0) is 11.3 Å². The fourth-order valence-corrected chi connectivity index (χ4v) is 3.15. The van der Waals surface area contributed by atoms with E-state index in [-0.39, 0.29) is 34.7 Å². The van der Waals surface area contributed by atoms with E-state index in [0.29, 0.717) is 21.5 Å². The van der Waals surface area contributed by atoms with Gasteiger partial charge >= 0.3 is 11.6 Å². The minimum atomic E-state index is -0.865. The van der Waals surface area contributed by atoms with E-state index in [4.69, 9.17) is 25.2 Å². The summed E-state index contributed by atoms with van der Waals surface area (Å²) in [6.45, 7) is 1.35. The number of fused-ring (bicyclic) bond motifs is 2. The normalized spacial score (nSPS) is 11.1. The summed E-state index contributed by atoms with van der Waals surface area (Å²) in [5.41, 5.74) is 0.113. The van der Waals surface area contributed by atoms with E-state index in [9.17, 15) is 19.5 Å². The van der Waals surface area contributed by atoms with Crippen molar-refractivity contribution in [2.45, 2.75) is 13.5 Å². The Hall–Kier alpha value is -3.58. The Labute approximate surface area is 167 Å². The first-order chi connectivity index (χ1) is 13.8. The van der Waals surface area contributed by atoms with Gasteiger partial charge < -0.3 is 18.7 Å². The number of hydrogen-bond donors (Lipinski definition) is 1. The summed E-state index contributed by atoms with van der Waals surface area (Å²) in [4.78, 5) is 36.5. The lowest BCUT2D eigenvalue weighted by Crippen LogP contribution is -2.11. The van der Waals surface area contributed by atoms with Crippen LogP contribution in [0.25, 0.3) is 21.9 Å². The summed E-state index contributed by atoms with van der Waals surface area (Å²) in [5.74, 6) is -1.16. The Morgan fingerprint density at radius 3 is 2.66 bits per heavy atom. The highest BCUT2D eigenvalue weighted by atomic mass is 35.5. The van der Waals surface area contributed by atoms with Gasteiger partial charge in [0.05, 0.1) is 5.39 Å². The molecule has 146 valence electrons. The number of rotatable bonds is 3. The van der Waals surface area contributed by atoms with Crippen molar-refractivity contribution in [3.63, 3.8) is 0 Å². The van der Waals surface area contributed by atoms with Crippen LogP contribution in [0.3, 0.4) is 0 Å². The zero-order valence-corrected chi connectivity index (χ0v) is 15.8. The maximum Gasteiger partial charge on any atom is 0.374 e. The molecule has 8 heteroatoms. The lowest BCUT2D eigenvalue weighted by molar-refractivity contribution is 0.0438. The van der Waals surface area contributed by atoms with E-state index < -0.39 is 17.0 Å². The summed E-state index contributed by atoms with van der Waals surface area (Å²) in [5, 5.41) is 10.9. The van der Waals surface area contributed by atoms with Crippen molar-refractivity contribution in [1.29, 1.82) is 0 Å². The molecule has 2 heterocycles. The Morgan fingerprint density at radius 2 is 1.86 bits per heavy atom. The number of esters is 1. The van der Waals surface area contributed by atoms with Crippen molar-refractivity contribution >= 4 is 39.5 Å². The minimum absolute atomic E-state index is 0.0205. The fraction of sp³-hybridized carbons (Fsp3) is 0.0952. The molecule has 0 radical (unpaired) electrons. The Kier molecular flexibility index (Phi) is 4.60. The largest absolute Gasteiger partial charge is 0.508 e. The van der Waals surface area contributed by atoms with Crippen molar-refractivity contribution in [1.82, 2.24) is 0 Å². The molecule has 29 heavy (non-hydrogen) atoms. The molecule has 1 N–H and O–H groups in total. The van der Waals surface area contributed by atoms with E-state index in [1.807, 2.05) is 0 Å². The molecule has 4 rings (SSSR count). The number of phenolic OH excluding ortho intramolecular Hbond substituents is 1. The van der Waals surface area contributed by atoms with Crippen molar-refractivity contribution in [2.75, 3.05) is 0 Å². The van der Waals surface area contributed by atoms with E-state index in [1.165, 1.54) is 30.3 Å². The van der Waals surface area contributed by atoms with Crippen LogP contribution in [0, 0.1) is 6.92 Å². The first kappa shape index (κ1) is 18.8. The second-order valence-electron chi connectivity index (χ2n) is 6.37. The smallest absolute Gasteiger partial charge is 0.374 e. The molecule has 0 atom stereocenters. The first-order valence-electron chi connectivity index (χ1n) is 8.49. The third-order valence-corrected chi connectivity index (χ3v) is 4.70. The predicted octanol–water partition coefficient (Wildman–Crippen LogP) is 3.92. The number of halogens is 1. The van der Waals surface area contributed by atoms with Gasteiger partial charge in [0.25, 0.3) is 0 Å². The summed E-state index contributed by atoms with van der Waals surface area (Å²) in [6.07, 6.45) is 0. The molecule has 0 saturated carbocycles. The molecule has 0 amide bonds. The summed E-state index contributed by atoms with van der Waals surface area (Å²) in [6, 6.07) is 9.71. The molecule has 0 aliphatic heterocycles. The predicted molar refractivity (Wildman–Crippen MR) is 105 cm³/mol. The molecule has 2 aromatic carbocycles. The maximum atomic E-state index is 12.4. The number of phenols is 1. The standard InChI is InChI=1S/C21H13ClO7/c1-10-15(23)4-3-13-11(6-19(25)29-20(10)13)9-27-21(26)18-8-16(24)14-7-12(22)2-5-17(14)28-18/h2-8,23H,9H2,1H3. The molecule has 0 spiro atoms. The topological polar surface area (TPSA) is 107 Å². The highest BCUT2D eigenvalue weighted by Crippen LogP contribution is 2.28. The molecule has 4 aromatic rings. The quantitative estimate of drug-likeness (QED) is 0.401. The van der Waals surface area contributed by atoms with Gasteiger partial charge in [-0.1, -0.05) is 11.6 Å². The number of aromatic hydroxyl groups is 1. The van der Waals surface area contributed by atoms with E-state index >= 15 is 0 Å². The molecule has 0 fully saturated rings. The SMILES string of the molecule is Cc1c(O)ccc2c(COC(=O)c3cc(=O)c4cc(Cl)ccc4o3)cc(=O)oc12. The van der Waals surface area contributed by atoms with Gasteiger partial charge in [-0.3, -0.25) is 4.79 Å². The van der Waals surface area contributed by atoms with Gasteiger partial charge in [-0.15, -0.1) is 0 Å². The number of ether oxygens (including phenoxy) is 1. The van der Waals surface area contributed by atoms with E-state index in [1.54, 1.807) is 13.0 Å². The number of carbonyl (C=O) groups excluding carboxylic acids is 1. The zero-order valence-electron chi connectivity index (χ0n) is 15.0. The van der Waals surface area contributed by atoms with Crippen LogP contribution in [0.4, 0.5) is 0 Å². The van der Waals surface area contributed by atoms with Crippen molar-refractivity contribution in [2.24, 2.45) is 0 Å². The third-order valence-electron chi connectivity index (χ3n) is 4.47. The minimum Gasteiger partial charge on any atom is -0.508 e. The molecule has 0 saturated heterocycles. The van der Waals surface area contributed by atoms with Gasteiger partial charge in [0.2, 0.25) is 5.76 Å². The van der Waals surface area contributed by atoms with Gasteiger partial charge in [-0.05, 0) is 37.3 Å². The average molecular weight is 413 g/mol. The maximum absolute atomic E-state index is 12.4. The number of benzene rings is 2. The molecule has 0 aliphatic carbocycles. The lowest BCUT2D eigenvalue weighted by atomic mass is 10.1. The van der Waals surface area contributed by atoms with E-state index in [0.717, 1.165) is 6.07 Å². The lowest BCUT2D eigenvalue weighted by Gasteiger charge is -2.09. The van der Waals surface area contributed by atoms with Crippen LogP contribution < -0.4 is 11.1 Å². The molecule has 7 nitrogen and oxygen atoms in total. The number of aryl methyl sites for hydroxylation is 1. The summed E-state index contributed by atoms with van der Waals surface area (Å²) >= 11 is 5.87. The molecule has 0 aliphatic rings.